The van der Waals surface area contributed by atoms with Crippen LogP contribution < -0.4 is 0 Å². The Morgan fingerprint density at radius 2 is 1.81 bits per heavy atom. The van der Waals surface area contributed by atoms with Crippen molar-refractivity contribution in [1.29, 1.82) is 0 Å². The number of aliphatic hydroxyl groups is 1. The molecule has 0 aliphatic heterocycles. The molecule has 1 aliphatic carbocycles. The second-order valence-corrected chi connectivity index (χ2v) is 6.53. The Bertz CT molecular complexity index is 502. The van der Waals surface area contributed by atoms with E-state index in [1.165, 1.54) is 0 Å². The fourth-order valence-electron chi connectivity index (χ4n) is 3.16. The van der Waals surface area contributed by atoms with E-state index in [1.54, 1.807) is 0 Å². The summed E-state index contributed by atoms with van der Waals surface area (Å²) in [5, 5.41) is 24.4. The lowest BCUT2D eigenvalue weighted by Crippen LogP contribution is -2.46. The average molecular weight is 310 g/mol. The first-order chi connectivity index (χ1) is 9.99. The van der Waals surface area contributed by atoms with E-state index >= 15 is 0 Å². The lowest BCUT2D eigenvalue weighted by Gasteiger charge is -2.44. The van der Waals surface area contributed by atoms with E-state index in [0.717, 1.165) is 24.8 Å². The molecule has 0 heterocycles. The zero-order valence-electron chi connectivity index (χ0n) is 12.8. The van der Waals surface area contributed by atoms with Crippen molar-refractivity contribution < 1.29 is 10.3 Å². The average Bonchev–Trinajstić information content (AvgIpc) is 2.46. The summed E-state index contributed by atoms with van der Waals surface area (Å²) in [5.41, 5.74) is 0.789. The van der Waals surface area contributed by atoms with Crippen LogP contribution in [-0.2, 0) is 5.41 Å². The number of oxime groups is 1. The molecule has 2 rings (SSSR count). The second-order valence-electron chi connectivity index (χ2n) is 6.10. The molecule has 2 N–H and O–H groups in total. The first kappa shape index (κ1) is 16.3. The number of nitrogens with zero attached hydrogens (tertiary/aromatic N) is 1. The topological polar surface area (TPSA) is 52.8 Å². The van der Waals surface area contributed by atoms with Gasteiger partial charge in [-0.05, 0) is 43.4 Å². The van der Waals surface area contributed by atoms with Crippen molar-refractivity contribution in [2.24, 2.45) is 5.16 Å². The van der Waals surface area contributed by atoms with Gasteiger partial charge >= 0.3 is 0 Å². The van der Waals surface area contributed by atoms with Gasteiger partial charge in [0.1, 0.15) is 0 Å². The Morgan fingerprint density at radius 3 is 2.19 bits per heavy atom. The molecule has 0 bridgehead atoms. The van der Waals surface area contributed by atoms with Crippen molar-refractivity contribution in [3.05, 3.63) is 34.9 Å². The third-order valence-corrected chi connectivity index (χ3v) is 5.34. The van der Waals surface area contributed by atoms with Crippen LogP contribution in [0.15, 0.2) is 29.4 Å². The third-order valence-electron chi connectivity index (χ3n) is 5.09. The maximum atomic E-state index is 10.6. The Balaban J connectivity index is 2.32. The van der Waals surface area contributed by atoms with Gasteiger partial charge in [0.05, 0.1) is 11.3 Å². The van der Waals surface area contributed by atoms with Gasteiger partial charge in [-0.2, -0.15) is 0 Å². The molecule has 116 valence electrons. The smallest absolute Gasteiger partial charge is 0.0704 e. The normalized spacial score (nSPS) is 18.4. The SMILES string of the molecule is CCC(O)(CC)CC(=NO)C1(c2ccc(Cl)cc2)CCC1. The van der Waals surface area contributed by atoms with Crippen LogP contribution in [0.25, 0.3) is 0 Å². The number of halogens is 1. The van der Waals surface area contributed by atoms with Gasteiger partial charge in [0.15, 0.2) is 0 Å². The molecule has 4 heteroatoms. The van der Waals surface area contributed by atoms with Crippen LogP contribution in [0.4, 0.5) is 0 Å². The highest BCUT2D eigenvalue weighted by atomic mass is 35.5. The standard InChI is InChI=1S/C17H24ClNO2/c1-3-16(20,4-2)12-15(19-21)17(10-5-11-17)13-6-8-14(18)9-7-13/h6-9,20-21H,3-5,10-12H2,1-2H3. The van der Waals surface area contributed by atoms with Crippen LogP contribution in [0.2, 0.25) is 5.02 Å². The maximum Gasteiger partial charge on any atom is 0.0704 e. The van der Waals surface area contributed by atoms with Crippen molar-refractivity contribution in [3.8, 4) is 0 Å². The number of benzene rings is 1. The Kier molecular flexibility index (Phi) is 4.95. The molecule has 21 heavy (non-hydrogen) atoms. The van der Waals surface area contributed by atoms with Gasteiger partial charge in [0.25, 0.3) is 0 Å². The molecule has 1 aromatic rings. The van der Waals surface area contributed by atoms with E-state index < -0.39 is 5.60 Å². The summed E-state index contributed by atoms with van der Waals surface area (Å²) >= 11 is 5.97. The van der Waals surface area contributed by atoms with Crippen LogP contribution >= 0.6 is 11.6 Å². The highest BCUT2D eigenvalue weighted by molar-refractivity contribution is 6.30. The Morgan fingerprint density at radius 1 is 1.24 bits per heavy atom. The zero-order chi connectivity index (χ0) is 15.5. The van der Waals surface area contributed by atoms with E-state index in [4.69, 9.17) is 11.6 Å². The minimum atomic E-state index is -0.795. The van der Waals surface area contributed by atoms with Gasteiger partial charge in [-0.1, -0.05) is 49.2 Å². The molecular formula is C17H24ClNO2. The minimum absolute atomic E-state index is 0.238. The molecule has 1 aromatic carbocycles. The summed E-state index contributed by atoms with van der Waals surface area (Å²) in [7, 11) is 0. The number of hydrogen-bond donors (Lipinski definition) is 2. The molecule has 0 atom stereocenters. The predicted octanol–water partition coefficient (Wildman–Crippen LogP) is 4.53. The molecular weight excluding hydrogens is 286 g/mol. The van der Waals surface area contributed by atoms with E-state index in [0.29, 0.717) is 30.0 Å². The summed E-state index contributed by atoms with van der Waals surface area (Å²) < 4.78 is 0. The van der Waals surface area contributed by atoms with E-state index in [-0.39, 0.29) is 5.41 Å². The van der Waals surface area contributed by atoms with Gasteiger partial charge in [0, 0.05) is 16.9 Å². The molecule has 0 aromatic heterocycles. The lowest BCUT2D eigenvalue weighted by atomic mass is 9.60. The molecule has 0 spiro atoms. The molecule has 0 amide bonds. The molecule has 1 fully saturated rings. The highest BCUT2D eigenvalue weighted by Gasteiger charge is 2.45. The number of hydrogen-bond acceptors (Lipinski definition) is 3. The zero-order valence-corrected chi connectivity index (χ0v) is 13.5. The number of rotatable bonds is 6. The van der Waals surface area contributed by atoms with Crippen LogP contribution in [0, 0.1) is 0 Å². The van der Waals surface area contributed by atoms with Gasteiger partial charge in [0.2, 0.25) is 0 Å². The van der Waals surface area contributed by atoms with Gasteiger partial charge in [-0.25, -0.2) is 0 Å². The first-order valence-corrected chi connectivity index (χ1v) is 8.07. The third kappa shape index (κ3) is 3.09. The van der Waals surface area contributed by atoms with Crippen molar-refractivity contribution in [1.82, 2.24) is 0 Å². The van der Waals surface area contributed by atoms with Crippen LogP contribution in [0.5, 0.6) is 0 Å². The van der Waals surface area contributed by atoms with E-state index in [1.807, 2.05) is 38.1 Å². The van der Waals surface area contributed by atoms with Gasteiger partial charge < -0.3 is 10.3 Å². The fraction of sp³-hybridized carbons (Fsp3) is 0.588. The Labute approximate surface area is 131 Å². The van der Waals surface area contributed by atoms with Crippen molar-refractivity contribution in [3.63, 3.8) is 0 Å². The first-order valence-electron chi connectivity index (χ1n) is 7.69. The monoisotopic (exact) mass is 309 g/mol. The summed E-state index contributed by atoms with van der Waals surface area (Å²) in [6.45, 7) is 3.93. The molecule has 1 aliphatic rings. The summed E-state index contributed by atoms with van der Waals surface area (Å²) in [6.07, 6.45) is 4.74. The molecule has 0 saturated heterocycles. The van der Waals surface area contributed by atoms with E-state index in [9.17, 15) is 10.3 Å². The highest BCUT2D eigenvalue weighted by Crippen LogP contribution is 2.47. The summed E-state index contributed by atoms with van der Waals surface area (Å²) in [5.74, 6) is 0. The largest absolute Gasteiger partial charge is 0.411 e. The van der Waals surface area contributed by atoms with Crippen LogP contribution in [0.1, 0.15) is 57.9 Å². The van der Waals surface area contributed by atoms with Crippen molar-refractivity contribution in [2.45, 2.75) is 63.4 Å². The Hall–Kier alpha value is -1.06. The molecule has 1 saturated carbocycles. The molecule has 0 radical (unpaired) electrons. The van der Waals surface area contributed by atoms with E-state index in [2.05, 4.69) is 5.16 Å². The minimum Gasteiger partial charge on any atom is -0.411 e. The van der Waals surface area contributed by atoms with Gasteiger partial charge in [-0.3, -0.25) is 0 Å². The quantitative estimate of drug-likeness (QED) is 0.461. The predicted molar refractivity (Wildman–Crippen MR) is 86.4 cm³/mol. The van der Waals surface area contributed by atoms with Crippen molar-refractivity contribution in [2.75, 3.05) is 0 Å². The lowest BCUT2D eigenvalue weighted by molar-refractivity contribution is 0.0364. The summed E-state index contributed by atoms with van der Waals surface area (Å²) in [4.78, 5) is 0. The molecule has 3 nitrogen and oxygen atoms in total. The second kappa shape index (κ2) is 6.37. The summed E-state index contributed by atoms with van der Waals surface area (Å²) in [6, 6.07) is 7.75. The molecule has 0 unspecified atom stereocenters. The van der Waals surface area contributed by atoms with Gasteiger partial charge in [-0.15, -0.1) is 0 Å². The maximum absolute atomic E-state index is 10.6. The fourth-order valence-corrected chi connectivity index (χ4v) is 3.28. The van der Waals surface area contributed by atoms with Crippen molar-refractivity contribution >= 4 is 17.3 Å². The van der Waals surface area contributed by atoms with Crippen LogP contribution in [-0.4, -0.2) is 21.6 Å². The van der Waals surface area contributed by atoms with Crippen LogP contribution in [0.3, 0.4) is 0 Å².